The van der Waals surface area contributed by atoms with Crippen molar-refractivity contribution in [2.75, 3.05) is 0 Å². The van der Waals surface area contributed by atoms with Gasteiger partial charge in [-0.2, -0.15) is 0 Å². The fourth-order valence-corrected chi connectivity index (χ4v) is 3.76. The first-order valence-corrected chi connectivity index (χ1v) is 10.3. The molecule has 3 nitrogen and oxygen atoms in total. The van der Waals surface area contributed by atoms with Gasteiger partial charge in [0.2, 0.25) is 0 Å². The molecule has 0 aliphatic rings. The summed E-state index contributed by atoms with van der Waals surface area (Å²) in [5.74, 6) is -0.277. The van der Waals surface area contributed by atoms with E-state index < -0.39 is 0 Å². The molecular weight excluding hydrogens is 370 g/mol. The summed E-state index contributed by atoms with van der Waals surface area (Å²) in [6.07, 6.45) is 2.83. The van der Waals surface area contributed by atoms with Crippen molar-refractivity contribution >= 4 is 5.97 Å². The van der Waals surface area contributed by atoms with Gasteiger partial charge in [-0.05, 0) is 23.1 Å². The number of carbonyl (C=O) groups is 1. The summed E-state index contributed by atoms with van der Waals surface area (Å²) < 4.78 is 7.91. The van der Waals surface area contributed by atoms with Gasteiger partial charge in [-0.1, -0.05) is 97.9 Å². The van der Waals surface area contributed by atoms with Gasteiger partial charge in [0.1, 0.15) is 6.61 Å². The average Bonchev–Trinajstić information content (AvgIpc) is 3.17. The largest absolute Gasteiger partial charge is 0.457 e. The highest BCUT2D eigenvalue weighted by Gasteiger charge is 2.23. The second-order valence-corrected chi connectivity index (χ2v) is 7.26. The van der Waals surface area contributed by atoms with Gasteiger partial charge in [0.05, 0.1) is 5.56 Å². The molecule has 0 spiro atoms. The SMILES string of the molecule is CCc1c(C(=O)OCc2ccccc2)c(-c2ccccc2)cn1Cc1ccccc1. The van der Waals surface area contributed by atoms with E-state index in [9.17, 15) is 4.79 Å². The molecule has 0 saturated heterocycles. The molecule has 30 heavy (non-hydrogen) atoms. The predicted molar refractivity (Wildman–Crippen MR) is 120 cm³/mol. The Morgan fingerprint density at radius 3 is 1.97 bits per heavy atom. The summed E-state index contributed by atoms with van der Waals surface area (Å²) in [4.78, 5) is 13.2. The van der Waals surface area contributed by atoms with Crippen LogP contribution in [0.4, 0.5) is 0 Å². The number of esters is 1. The Kier molecular flexibility index (Phi) is 6.09. The third-order valence-corrected chi connectivity index (χ3v) is 5.22. The predicted octanol–water partition coefficient (Wildman–Crippen LogP) is 6.12. The van der Waals surface area contributed by atoms with Crippen molar-refractivity contribution in [1.82, 2.24) is 4.57 Å². The molecule has 1 heterocycles. The highest BCUT2D eigenvalue weighted by molar-refractivity contribution is 5.99. The molecular formula is C27H25NO2. The van der Waals surface area contributed by atoms with Gasteiger partial charge in [0.25, 0.3) is 0 Å². The van der Waals surface area contributed by atoms with Crippen molar-refractivity contribution < 1.29 is 9.53 Å². The van der Waals surface area contributed by atoms with Gasteiger partial charge in [0.15, 0.2) is 0 Å². The van der Waals surface area contributed by atoms with Crippen molar-refractivity contribution in [3.05, 3.63) is 120 Å². The number of aromatic nitrogens is 1. The van der Waals surface area contributed by atoms with Gasteiger partial charge >= 0.3 is 5.97 Å². The number of nitrogens with zero attached hydrogens (tertiary/aromatic N) is 1. The molecule has 0 radical (unpaired) electrons. The zero-order valence-corrected chi connectivity index (χ0v) is 17.1. The van der Waals surface area contributed by atoms with Crippen LogP contribution in [0.15, 0.2) is 97.2 Å². The van der Waals surface area contributed by atoms with Crippen molar-refractivity contribution in [3.8, 4) is 11.1 Å². The minimum atomic E-state index is -0.277. The molecule has 3 heteroatoms. The second kappa shape index (κ2) is 9.27. The maximum atomic E-state index is 13.2. The summed E-state index contributed by atoms with van der Waals surface area (Å²) in [5.41, 5.74) is 5.78. The molecule has 0 aliphatic carbocycles. The van der Waals surface area contributed by atoms with Crippen LogP contribution < -0.4 is 0 Å². The van der Waals surface area contributed by atoms with Crippen LogP contribution in [0, 0.1) is 0 Å². The monoisotopic (exact) mass is 395 g/mol. The first-order valence-electron chi connectivity index (χ1n) is 10.3. The van der Waals surface area contributed by atoms with Crippen LogP contribution in [0.25, 0.3) is 11.1 Å². The minimum absolute atomic E-state index is 0.265. The van der Waals surface area contributed by atoms with Crippen molar-refractivity contribution in [3.63, 3.8) is 0 Å². The normalized spacial score (nSPS) is 10.7. The van der Waals surface area contributed by atoms with Crippen LogP contribution in [0.3, 0.4) is 0 Å². The Labute approximate surface area is 177 Å². The van der Waals surface area contributed by atoms with Crippen molar-refractivity contribution in [1.29, 1.82) is 0 Å². The summed E-state index contributed by atoms with van der Waals surface area (Å²) in [6, 6.07) is 30.1. The standard InChI is InChI=1S/C27H25NO2/c1-2-25-26(27(29)30-20-22-14-8-4-9-15-22)24(23-16-10-5-11-17-23)19-28(25)18-21-12-6-3-7-13-21/h3-17,19H,2,18,20H2,1H3. The van der Waals surface area contributed by atoms with E-state index in [2.05, 4.69) is 29.8 Å². The molecule has 1 aromatic heterocycles. The van der Waals surface area contributed by atoms with E-state index in [4.69, 9.17) is 4.74 Å². The van der Waals surface area contributed by atoms with Gasteiger partial charge in [-0.3, -0.25) is 0 Å². The number of hydrogen-bond acceptors (Lipinski definition) is 2. The molecule has 0 N–H and O–H groups in total. The minimum Gasteiger partial charge on any atom is -0.457 e. The molecule has 0 aliphatic heterocycles. The number of ether oxygens (including phenoxy) is 1. The molecule has 0 saturated carbocycles. The Morgan fingerprint density at radius 1 is 0.800 bits per heavy atom. The maximum absolute atomic E-state index is 13.2. The smallest absolute Gasteiger partial charge is 0.340 e. The van der Waals surface area contributed by atoms with E-state index >= 15 is 0 Å². The fourth-order valence-electron chi connectivity index (χ4n) is 3.76. The quantitative estimate of drug-likeness (QED) is 0.353. The lowest BCUT2D eigenvalue weighted by Gasteiger charge is -2.11. The lowest BCUT2D eigenvalue weighted by atomic mass is 10.0. The van der Waals surface area contributed by atoms with Gasteiger partial charge in [0, 0.05) is 24.0 Å². The zero-order valence-electron chi connectivity index (χ0n) is 17.1. The van der Waals surface area contributed by atoms with E-state index in [0.717, 1.165) is 35.3 Å². The molecule has 0 fully saturated rings. The van der Waals surface area contributed by atoms with E-state index in [1.165, 1.54) is 5.56 Å². The topological polar surface area (TPSA) is 31.2 Å². The Morgan fingerprint density at radius 2 is 1.37 bits per heavy atom. The van der Waals surface area contributed by atoms with Crippen molar-refractivity contribution in [2.45, 2.75) is 26.5 Å². The van der Waals surface area contributed by atoms with Crippen LogP contribution in [-0.2, 0) is 24.3 Å². The highest BCUT2D eigenvalue weighted by atomic mass is 16.5. The molecule has 4 aromatic rings. The van der Waals surface area contributed by atoms with E-state index in [0.29, 0.717) is 5.56 Å². The Hall–Kier alpha value is -3.59. The first kappa shape index (κ1) is 19.7. The first-order chi connectivity index (χ1) is 14.8. The summed E-state index contributed by atoms with van der Waals surface area (Å²) >= 11 is 0. The zero-order chi connectivity index (χ0) is 20.8. The summed E-state index contributed by atoms with van der Waals surface area (Å²) in [5, 5.41) is 0. The maximum Gasteiger partial charge on any atom is 0.340 e. The molecule has 4 rings (SSSR count). The lowest BCUT2D eigenvalue weighted by Crippen LogP contribution is -2.11. The summed E-state index contributed by atoms with van der Waals surface area (Å²) in [6.45, 7) is 3.07. The highest BCUT2D eigenvalue weighted by Crippen LogP contribution is 2.30. The van der Waals surface area contributed by atoms with Crippen LogP contribution in [-0.4, -0.2) is 10.5 Å². The molecule has 0 atom stereocenters. The van der Waals surface area contributed by atoms with Crippen LogP contribution in [0.2, 0.25) is 0 Å². The second-order valence-electron chi connectivity index (χ2n) is 7.26. The third kappa shape index (κ3) is 4.36. The van der Waals surface area contributed by atoms with Gasteiger partial charge in [-0.25, -0.2) is 4.79 Å². The summed E-state index contributed by atoms with van der Waals surface area (Å²) in [7, 11) is 0. The van der Waals surface area contributed by atoms with Gasteiger partial charge in [-0.15, -0.1) is 0 Å². The van der Waals surface area contributed by atoms with Crippen molar-refractivity contribution in [2.24, 2.45) is 0 Å². The molecule has 3 aromatic carbocycles. The van der Waals surface area contributed by atoms with E-state index in [1.54, 1.807) is 0 Å². The van der Waals surface area contributed by atoms with Crippen LogP contribution in [0.5, 0.6) is 0 Å². The molecule has 0 bridgehead atoms. The van der Waals surface area contributed by atoms with Gasteiger partial charge < -0.3 is 9.30 Å². The number of rotatable bonds is 7. The number of carbonyl (C=O) groups excluding carboxylic acids is 1. The molecule has 0 amide bonds. The molecule has 0 unspecified atom stereocenters. The van der Waals surface area contributed by atoms with E-state index in [1.807, 2.05) is 78.9 Å². The lowest BCUT2D eigenvalue weighted by molar-refractivity contribution is 0.0472. The Balaban J connectivity index is 1.71. The molecule has 150 valence electrons. The Bertz CT molecular complexity index is 1100. The average molecular weight is 396 g/mol. The van der Waals surface area contributed by atoms with E-state index in [-0.39, 0.29) is 12.6 Å². The van der Waals surface area contributed by atoms with Crippen LogP contribution in [0.1, 0.15) is 34.1 Å². The number of benzene rings is 3. The number of hydrogen-bond donors (Lipinski definition) is 0. The fraction of sp³-hybridized carbons (Fsp3) is 0.148. The van der Waals surface area contributed by atoms with Crippen LogP contribution >= 0.6 is 0 Å². The third-order valence-electron chi connectivity index (χ3n) is 5.22.